The summed E-state index contributed by atoms with van der Waals surface area (Å²) in [6, 6.07) is 0.0223. The molecule has 20 heavy (non-hydrogen) atoms. The van der Waals surface area contributed by atoms with Crippen molar-refractivity contribution in [3.8, 4) is 0 Å². The van der Waals surface area contributed by atoms with E-state index in [1.807, 2.05) is 6.92 Å². The topological polar surface area (TPSA) is 96.9 Å². The summed E-state index contributed by atoms with van der Waals surface area (Å²) >= 11 is 0. The molecule has 1 aliphatic carbocycles. The van der Waals surface area contributed by atoms with Crippen LogP contribution in [0.3, 0.4) is 0 Å². The number of nitrogens with one attached hydrogen (secondary N) is 1. The van der Waals surface area contributed by atoms with Crippen LogP contribution >= 0.6 is 0 Å². The third kappa shape index (κ3) is 2.90. The van der Waals surface area contributed by atoms with E-state index in [2.05, 4.69) is 10.5 Å². The molecule has 2 atom stereocenters. The Bertz CT molecular complexity index is 376. The molecule has 1 amide bonds. The fraction of sp³-hybridized carbons (Fsp3) is 0.857. The lowest BCUT2D eigenvalue weighted by molar-refractivity contribution is -0.129. The fourth-order valence-electron chi connectivity index (χ4n) is 3.26. The molecule has 6 heteroatoms. The fourth-order valence-corrected chi connectivity index (χ4v) is 3.26. The maximum Gasteiger partial charge on any atom is 0.234 e. The van der Waals surface area contributed by atoms with E-state index in [0.29, 0.717) is 19.4 Å². The maximum atomic E-state index is 12.7. The molecular formula is C14H25N3O3. The van der Waals surface area contributed by atoms with Crippen LogP contribution in [0.25, 0.3) is 0 Å². The predicted molar refractivity (Wildman–Crippen MR) is 75.5 cm³/mol. The summed E-state index contributed by atoms with van der Waals surface area (Å²) in [4.78, 5) is 12.7. The molecule has 1 heterocycles. The molecule has 2 fully saturated rings. The first kappa shape index (κ1) is 15.1. The van der Waals surface area contributed by atoms with Gasteiger partial charge in [0.25, 0.3) is 0 Å². The number of amides is 1. The van der Waals surface area contributed by atoms with Gasteiger partial charge < -0.3 is 21.0 Å². The van der Waals surface area contributed by atoms with Crippen LogP contribution in [0.15, 0.2) is 5.16 Å². The minimum absolute atomic E-state index is 0.0223. The van der Waals surface area contributed by atoms with Crippen LogP contribution in [0.5, 0.6) is 0 Å². The Morgan fingerprint density at radius 3 is 2.50 bits per heavy atom. The lowest BCUT2D eigenvalue weighted by Crippen LogP contribution is -2.53. The van der Waals surface area contributed by atoms with Gasteiger partial charge in [-0.1, -0.05) is 30.8 Å². The van der Waals surface area contributed by atoms with Gasteiger partial charge in [-0.3, -0.25) is 4.79 Å². The zero-order valence-corrected chi connectivity index (χ0v) is 12.1. The number of ether oxygens (including phenoxy) is 1. The Morgan fingerprint density at radius 1 is 1.35 bits per heavy atom. The van der Waals surface area contributed by atoms with E-state index in [1.165, 1.54) is 0 Å². The number of nitrogens with zero attached hydrogens (tertiary/aromatic N) is 1. The molecule has 1 saturated carbocycles. The smallest absolute Gasteiger partial charge is 0.234 e. The monoisotopic (exact) mass is 283 g/mol. The van der Waals surface area contributed by atoms with Crippen LogP contribution in [0.1, 0.15) is 51.9 Å². The summed E-state index contributed by atoms with van der Waals surface area (Å²) in [6.45, 7) is 2.63. The average molecular weight is 283 g/mol. The van der Waals surface area contributed by atoms with E-state index in [-0.39, 0.29) is 23.9 Å². The van der Waals surface area contributed by atoms with Gasteiger partial charge in [0, 0.05) is 6.61 Å². The highest BCUT2D eigenvalue weighted by Crippen LogP contribution is 2.36. The molecule has 0 radical (unpaired) electrons. The van der Waals surface area contributed by atoms with Crippen molar-refractivity contribution in [3.05, 3.63) is 0 Å². The molecule has 1 aliphatic heterocycles. The second kappa shape index (κ2) is 6.43. The van der Waals surface area contributed by atoms with Crippen molar-refractivity contribution in [1.29, 1.82) is 0 Å². The van der Waals surface area contributed by atoms with E-state index < -0.39 is 5.41 Å². The minimum atomic E-state index is -0.854. The minimum Gasteiger partial charge on any atom is -0.409 e. The molecule has 0 bridgehead atoms. The molecule has 2 aliphatic rings. The highest BCUT2D eigenvalue weighted by Gasteiger charge is 2.44. The van der Waals surface area contributed by atoms with Crippen LogP contribution in [-0.4, -0.2) is 35.7 Å². The van der Waals surface area contributed by atoms with Gasteiger partial charge in [-0.05, 0) is 26.2 Å². The molecule has 1 saturated heterocycles. The van der Waals surface area contributed by atoms with Crippen molar-refractivity contribution < 1.29 is 14.7 Å². The Labute approximate surface area is 119 Å². The van der Waals surface area contributed by atoms with E-state index in [1.54, 1.807) is 0 Å². The maximum absolute atomic E-state index is 12.7. The van der Waals surface area contributed by atoms with E-state index in [9.17, 15) is 4.79 Å². The number of oxime groups is 1. The molecule has 114 valence electrons. The summed E-state index contributed by atoms with van der Waals surface area (Å²) in [5.74, 6) is -0.0690. The summed E-state index contributed by atoms with van der Waals surface area (Å²) in [5.41, 5.74) is 5.02. The first-order valence-corrected chi connectivity index (χ1v) is 7.51. The summed E-state index contributed by atoms with van der Waals surface area (Å²) in [5, 5.41) is 15.3. The van der Waals surface area contributed by atoms with Gasteiger partial charge in [-0.25, -0.2) is 0 Å². The van der Waals surface area contributed by atoms with Crippen LogP contribution in [0.2, 0.25) is 0 Å². The standard InChI is InChI=1S/C14H25N3O3/c1-10-11(6-9-20-10)16-13(18)14(12(15)17-19)7-4-2-3-5-8-14/h10-11,19H,2-9H2,1H3,(H2,15,17)(H,16,18). The highest BCUT2D eigenvalue weighted by atomic mass is 16.5. The Morgan fingerprint density at radius 2 is 2.00 bits per heavy atom. The Hall–Kier alpha value is -1.30. The van der Waals surface area contributed by atoms with Crippen molar-refractivity contribution in [2.75, 3.05) is 6.61 Å². The first-order chi connectivity index (χ1) is 9.60. The molecule has 0 aromatic carbocycles. The van der Waals surface area contributed by atoms with Crippen molar-refractivity contribution in [1.82, 2.24) is 5.32 Å². The van der Waals surface area contributed by atoms with Crippen LogP contribution < -0.4 is 11.1 Å². The zero-order valence-electron chi connectivity index (χ0n) is 12.1. The van der Waals surface area contributed by atoms with Gasteiger partial charge in [0.05, 0.1) is 12.1 Å². The van der Waals surface area contributed by atoms with Crippen LogP contribution in [0, 0.1) is 5.41 Å². The number of hydrogen-bond donors (Lipinski definition) is 3. The van der Waals surface area contributed by atoms with Gasteiger partial charge in [-0.15, -0.1) is 0 Å². The highest BCUT2D eigenvalue weighted by molar-refractivity contribution is 6.06. The van der Waals surface area contributed by atoms with Crippen molar-refractivity contribution in [3.63, 3.8) is 0 Å². The van der Waals surface area contributed by atoms with Gasteiger partial charge in [0.2, 0.25) is 5.91 Å². The van der Waals surface area contributed by atoms with Crippen molar-refractivity contribution in [2.24, 2.45) is 16.3 Å². The predicted octanol–water partition coefficient (Wildman–Crippen LogP) is 1.37. The van der Waals surface area contributed by atoms with E-state index >= 15 is 0 Å². The lowest BCUT2D eigenvalue weighted by atomic mass is 9.78. The van der Waals surface area contributed by atoms with Crippen molar-refractivity contribution in [2.45, 2.75) is 64.0 Å². The average Bonchev–Trinajstić information content (AvgIpc) is 2.71. The molecule has 0 aromatic rings. The van der Waals surface area contributed by atoms with Crippen LogP contribution in [-0.2, 0) is 9.53 Å². The third-order valence-corrected chi connectivity index (χ3v) is 4.68. The SMILES string of the molecule is CC1OCCC1NC(=O)C1(C(N)=NO)CCCCCC1. The van der Waals surface area contributed by atoms with E-state index in [4.69, 9.17) is 15.7 Å². The number of amidine groups is 1. The number of nitrogens with two attached hydrogens (primary N) is 1. The van der Waals surface area contributed by atoms with Crippen molar-refractivity contribution >= 4 is 11.7 Å². The summed E-state index contributed by atoms with van der Waals surface area (Å²) in [6.07, 6.45) is 6.19. The largest absolute Gasteiger partial charge is 0.409 e. The molecule has 2 unspecified atom stereocenters. The van der Waals surface area contributed by atoms with E-state index in [0.717, 1.165) is 32.1 Å². The number of hydrogen-bond acceptors (Lipinski definition) is 4. The Kier molecular flexibility index (Phi) is 4.86. The van der Waals surface area contributed by atoms with Crippen LogP contribution in [0.4, 0.5) is 0 Å². The van der Waals surface area contributed by atoms with Gasteiger partial charge in [-0.2, -0.15) is 0 Å². The molecule has 2 rings (SSSR count). The lowest BCUT2D eigenvalue weighted by Gasteiger charge is -2.31. The van der Waals surface area contributed by atoms with Gasteiger partial charge in [0.1, 0.15) is 5.41 Å². The molecule has 0 aromatic heterocycles. The number of carbonyl (C=O) groups excluding carboxylic acids is 1. The quantitative estimate of drug-likeness (QED) is 0.239. The molecule has 0 spiro atoms. The van der Waals surface area contributed by atoms with Gasteiger partial charge >= 0.3 is 0 Å². The number of rotatable bonds is 3. The summed E-state index contributed by atoms with van der Waals surface area (Å²) in [7, 11) is 0. The Balaban J connectivity index is 2.15. The first-order valence-electron chi connectivity index (χ1n) is 7.51. The second-order valence-electron chi connectivity index (χ2n) is 5.93. The molecular weight excluding hydrogens is 258 g/mol. The normalized spacial score (nSPS) is 30.8. The second-order valence-corrected chi connectivity index (χ2v) is 5.93. The zero-order chi connectivity index (χ0) is 14.6. The van der Waals surface area contributed by atoms with Gasteiger partial charge in [0.15, 0.2) is 5.84 Å². The molecule has 4 N–H and O–H groups in total. The summed E-state index contributed by atoms with van der Waals surface area (Å²) < 4.78 is 5.47. The molecule has 6 nitrogen and oxygen atoms in total. The third-order valence-electron chi connectivity index (χ3n) is 4.68. The number of carbonyl (C=O) groups is 1.